The van der Waals surface area contributed by atoms with Gasteiger partial charge < -0.3 is 0 Å². The molecule has 0 atom stereocenters. The van der Waals surface area contributed by atoms with Gasteiger partial charge in [0.15, 0.2) is 5.78 Å². The molecule has 0 aliphatic heterocycles. The van der Waals surface area contributed by atoms with Gasteiger partial charge in [0.2, 0.25) is 0 Å². The van der Waals surface area contributed by atoms with Crippen LogP contribution in [0, 0.1) is 16.4 Å². The Bertz CT molecular complexity index is 356. The van der Waals surface area contributed by atoms with Crippen LogP contribution in [0.25, 0.3) is 0 Å². The minimum atomic E-state index is 0.275. The van der Waals surface area contributed by atoms with Crippen molar-refractivity contribution in [3.8, 4) is 0 Å². The molecule has 0 amide bonds. The maximum Gasteiger partial charge on any atom is 0.163 e. The van der Waals surface area contributed by atoms with E-state index in [1.165, 1.54) is 5.56 Å². The third kappa shape index (κ3) is 3.59. The molecule has 0 saturated heterocycles. The number of ketones is 1. The van der Waals surface area contributed by atoms with E-state index in [4.69, 9.17) is 0 Å². The summed E-state index contributed by atoms with van der Waals surface area (Å²) in [5, 5.41) is 0. The quantitative estimate of drug-likeness (QED) is 0.600. The molecule has 1 rings (SSSR count). The van der Waals surface area contributed by atoms with E-state index < -0.39 is 0 Å². The first-order valence-electron chi connectivity index (χ1n) is 5.30. The molecule has 0 spiro atoms. The Kier molecular flexibility index (Phi) is 4.77. The fourth-order valence-corrected chi connectivity index (χ4v) is 2.08. The molecule has 0 saturated carbocycles. The van der Waals surface area contributed by atoms with Gasteiger partial charge in [0.25, 0.3) is 0 Å². The minimum absolute atomic E-state index is 0.275. The zero-order valence-corrected chi connectivity index (χ0v) is 11.7. The highest BCUT2D eigenvalue weighted by atomic mass is 127. The largest absolute Gasteiger partial charge is 0.294 e. The Balaban J connectivity index is 2.78. The highest BCUT2D eigenvalue weighted by Gasteiger charge is 2.11. The Morgan fingerprint density at radius 1 is 1.40 bits per heavy atom. The van der Waals surface area contributed by atoms with Crippen molar-refractivity contribution in [2.45, 2.75) is 33.6 Å². The molecule has 0 aliphatic rings. The van der Waals surface area contributed by atoms with Crippen LogP contribution in [0.5, 0.6) is 0 Å². The van der Waals surface area contributed by atoms with Crippen molar-refractivity contribution in [3.63, 3.8) is 0 Å². The first-order chi connectivity index (χ1) is 7.02. The van der Waals surface area contributed by atoms with Crippen LogP contribution in [0.1, 0.15) is 42.6 Å². The van der Waals surface area contributed by atoms with Crippen LogP contribution < -0.4 is 0 Å². The van der Waals surface area contributed by atoms with Gasteiger partial charge in [0.1, 0.15) is 0 Å². The van der Waals surface area contributed by atoms with Crippen molar-refractivity contribution >= 4 is 28.4 Å². The molecule has 0 radical (unpaired) electrons. The second-order valence-corrected chi connectivity index (χ2v) is 5.37. The summed E-state index contributed by atoms with van der Waals surface area (Å²) < 4.78 is 1.10. The number of rotatable bonds is 4. The summed E-state index contributed by atoms with van der Waals surface area (Å²) in [5.41, 5.74) is 2.07. The second kappa shape index (κ2) is 5.64. The lowest BCUT2D eigenvalue weighted by Crippen LogP contribution is -2.04. The van der Waals surface area contributed by atoms with Crippen LogP contribution in [0.3, 0.4) is 0 Å². The molecule has 2 heteroatoms. The molecule has 1 nitrogen and oxygen atoms in total. The van der Waals surface area contributed by atoms with Crippen LogP contribution >= 0.6 is 22.6 Å². The van der Waals surface area contributed by atoms with Gasteiger partial charge in [-0.1, -0.05) is 32.0 Å². The van der Waals surface area contributed by atoms with E-state index >= 15 is 0 Å². The fraction of sp³-hybridized carbons (Fsp3) is 0.462. The van der Waals surface area contributed by atoms with E-state index in [0.717, 1.165) is 15.6 Å². The van der Waals surface area contributed by atoms with E-state index in [0.29, 0.717) is 12.3 Å². The van der Waals surface area contributed by atoms with Gasteiger partial charge in [-0.05, 0) is 47.4 Å². The summed E-state index contributed by atoms with van der Waals surface area (Å²) in [7, 11) is 0. The van der Waals surface area contributed by atoms with E-state index in [-0.39, 0.29) is 5.78 Å². The molecule has 1 aromatic carbocycles. The summed E-state index contributed by atoms with van der Waals surface area (Å²) in [4.78, 5) is 11.9. The lowest BCUT2D eigenvalue weighted by molar-refractivity contribution is 0.0974. The van der Waals surface area contributed by atoms with E-state index in [9.17, 15) is 4.79 Å². The lowest BCUT2D eigenvalue weighted by atomic mass is 10.0. The molecular formula is C13H17IO. The number of aryl methyl sites for hydroxylation is 1. The fourth-order valence-electron chi connectivity index (χ4n) is 1.42. The first-order valence-corrected chi connectivity index (χ1v) is 6.38. The normalized spacial score (nSPS) is 10.7. The van der Waals surface area contributed by atoms with E-state index in [1.54, 1.807) is 0 Å². The summed E-state index contributed by atoms with van der Waals surface area (Å²) in [6.45, 7) is 6.34. The van der Waals surface area contributed by atoms with Gasteiger partial charge in [-0.2, -0.15) is 0 Å². The van der Waals surface area contributed by atoms with Crippen molar-refractivity contribution in [2.24, 2.45) is 5.92 Å². The Hall–Kier alpha value is -0.380. The average Bonchev–Trinajstić information content (AvgIpc) is 2.18. The van der Waals surface area contributed by atoms with Gasteiger partial charge in [-0.15, -0.1) is 0 Å². The Morgan fingerprint density at radius 2 is 2.07 bits per heavy atom. The molecule has 0 unspecified atom stereocenters. The van der Waals surface area contributed by atoms with E-state index in [2.05, 4.69) is 36.4 Å². The van der Waals surface area contributed by atoms with Gasteiger partial charge in [-0.3, -0.25) is 4.79 Å². The van der Waals surface area contributed by atoms with Gasteiger partial charge in [0, 0.05) is 15.6 Å². The summed E-state index contributed by atoms with van der Waals surface area (Å²) >= 11 is 2.26. The molecule has 1 aromatic rings. The maximum atomic E-state index is 11.9. The van der Waals surface area contributed by atoms with E-state index in [1.807, 2.05) is 25.1 Å². The third-order valence-corrected chi connectivity index (χ3v) is 3.87. The maximum absolute atomic E-state index is 11.9. The number of hydrogen-bond acceptors (Lipinski definition) is 1. The third-order valence-electron chi connectivity index (χ3n) is 2.44. The standard InChI is InChI=1S/C13H17IO/c1-9(2)7-8-12(15)11-6-4-5-10(3)13(11)14/h4-6,9H,7-8H2,1-3H3. The molecular weight excluding hydrogens is 299 g/mol. The SMILES string of the molecule is Cc1cccc(C(=O)CCC(C)C)c1I. The van der Waals surface area contributed by atoms with Crippen LogP contribution in [0.4, 0.5) is 0 Å². The molecule has 0 bridgehead atoms. The molecule has 0 heterocycles. The van der Waals surface area contributed by atoms with Crippen LogP contribution in [-0.4, -0.2) is 5.78 Å². The number of carbonyl (C=O) groups excluding carboxylic acids is 1. The van der Waals surface area contributed by atoms with Gasteiger partial charge in [-0.25, -0.2) is 0 Å². The van der Waals surface area contributed by atoms with Crippen molar-refractivity contribution in [2.75, 3.05) is 0 Å². The predicted octanol–water partition coefficient (Wildman–Crippen LogP) is 4.22. The number of hydrogen-bond donors (Lipinski definition) is 0. The lowest BCUT2D eigenvalue weighted by Gasteiger charge is -2.07. The smallest absolute Gasteiger partial charge is 0.163 e. The Morgan fingerprint density at radius 3 is 2.67 bits per heavy atom. The monoisotopic (exact) mass is 316 g/mol. The summed E-state index contributed by atoms with van der Waals surface area (Å²) in [6.07, 6.45) is 1.64. The number of Topliss-reactive ketones (excluding diaryl/α,β-unsaturated/α-hetero) is 1. The molecule has 15 heavy (non-hydrogen) atoms. The predicted molar refractivity (Wildman–Crippen MR) is 72.3 cm³/mol. The Labute approximate surface area is 105 Å². The molecule has 0 aromatic heterocycles. The van der Waals surface area contributed by atoms with Crippen LogP contribution in [-0.2, 0) is 0 Å². The highest BCUT2D eigenvalue weighted by Crippen LogP contribution is 2.19. The zero-order chi connectivity index (χ0) is 11.4. The number of carbonyl (C=O) groups is 1. The van der Waals surface area contributed by atoms with Gasteiger partial charge >= 0.3 is 0 Å². The van der Waals surface area contributed by atoms with Crippen LogP contribution in [0.15, 0.2) is 18.2 Å². The van der Waals surface area contributed by atoms with Gasteiger partial charge in [0.05, 0.1) is 0 Å². The van der Waals surface area contributed by atoms with Crippen LogP contribution in [0.2, 0.25) is 0 Å². The molecule has 82 valence electrons. The van der Waals surface area contributed by atoms with Crippen molar-refractivity contribution in [1.82, 2.24) is 0 Å². The summed E-state index contributed by atoms with van der Waals surface area (Å²) in [5.74, 6) is 0.869. The van der Waals surface area contributed by atoms with Crippen molar-refractivity contribution in [1.29, 1.82) is 0 Å². The molecule has 0 aliphatic carbocycles. The molecule has 0 N–H and O–H groups in total. The minimum Gasteiger partial charge on any atom is -0.294 e. The average molecular weight is 316 g/mol. The van der Waals surface area contributed by atoms with Crippen molar-refractivity contribution in [3.05, 3.63) is 32.9 Å². The zero-order valence-electron chi connectivity index (χ0n) is 9.51. The number of benzene rings is 1. The first kappa shape index (κ1) is 12.7. The highest BCUT2D eigenvalue weighted by molar-refractivity contribution is 14.1. The number of halogens is 1. The van der Waals surface area contributed by atoms with Crippen molar-refractivity contribution < 1.29 is 4.79 Å². The summed E-state index contributed by atoms with van der Waals surface area (Å²) in [6, 6.07) is 5.93. The topological polar surface area (TPSA) is 17.1 Å². The molecule has 0 fully saturated rings. The second-order valence-electron chi connectivity index (χ2n) is 4.29.